The first kappa shape index (κ1) is 22.8. The summed E-state index contributed by atoms with van der Waals surface area (Å²) in [7, 11) is 1.56. The fraction of sp³-hybridized carbons (Fsp3) is 0.545. The van der Waals surface area contributed by atoms with Crippen LogP contribution in [0.2, 0.25) is 0 Å². The molecule has 1 N–H and O–H groups in total. The van der Waals surface area contributed by atoms with Gasteiger partial charge in [0.15, 0.2) is 5.82 Å². The third-order valence-corrected chi connectivity index (χ3v) is 5.67. The quantitative estimate of drug-likeness (QED) is 0.673. The van der Waals surface area contributed by atoms with Crippen molar-refractivity contribution >= 4 is 11.8 Å². The summed E-state index contributed by atoms with van der Waals surface area (Å²) in [5.41, 5.74) is -0.395. The number of aryl methyl sites for hydroxylation is 1. The highest BCUT2D eigenvalue weighted by Crippen LogP contribution is 2.34. The van der Waals surface area contributed by atoms with Gasteiger partial charge >= 0.3 is 0 Å². The highest BCUT2D eigenvalue weighted by molar-refractivity contribution is 5.76. The summed E-state index contributed by atoms with van der Waals surface area (Å²) < 4.78 is 32.2. The molecule has 0 radical (unpaired) electrons. The number of halogens is 2. The van der Waals surface area contributed by atoms with Crippen molar-refractivity contribution in [3.05, 3.63) is 47.1 Å². The van der Waals surface area contributed by atoms with E-state index in [0.717, 1.165) is 50.7 Å². The number of rotatable bonds is 7. The van der Waals surface area contributed by atoms with E-state index >= 15 is 0 Å². The Morgan fingerprint density at radius 1 is 1.19 bits per heavy atom. The number of nitrogens with zero attached hydrogens (tertiary/aromatic N) is 3. The zero-order valence-corrected chi connectivity index (χ0v) is 17.9. The van der Waals surface area contributed by atoms with E-state index in [0.29, 0.717) is 11.7 Å². The topological polar surface area (TPSA) is 88.3 Å². The second-order valence-electron chi connectivity index (χ2n) is 8.17. The minimum atomic E-state index is -0.687. The third-order valence-electron chi connectivity index (χ3n) is 5.67. The van der Waals surface area contributed by atoms with Gasteiger partial charge in [-0.3, -0.25) is 9.59 Å². The van der Waals surface area contributed by atoms with Crippen molar-refractivity contribution < 1.29 is 22.9 Å². The molecule has 2 amide bonds. The van der Waals surface area contributed by atoms with Crippen molar-refractivity contribution in [2.45, 2.75) is 70.4 Å². The first-order chi connectivity index (χ1) is 14.8. The zero-order valence-electron chi connectivity index (χ0n) is 17.9. The van der Waals surface area contributed by atoms with Crippen molar-refractivity contribution in [3.8, 4) is 0 Å². The maximum atomic E-state index is 13.8. The molecule has 1 aliphatic rings. The van der Waals surface area contributed by atoms with Crippen LogP contribution in [-0.4, -0.2) is 33.9 Å². The van der Waals surface area contributed by atoms with E-state index in [-0.39, 0.29) is 36.8 Å². The van der Waals surface area contributed by atoms with Gasteiger partial charge in [0.05, 0.1) is 0 Å². The van der Waals surface area contributed by atoms with Gasteiger partial charge in [-0.1, -0.05) is 36.9 Å². The first-order valence-corrected chi connectivity index (χ1v) is 10.6. The molecular formula is C22H28F2N4O3. The SMILES string of the molecule is CC(=O)NC1(c2noc(CCC(=O)N(C)Cc3ccc(F)cc3F)n2)CCCCCC1. The lowest BCUT2D eigenvalue weighted by molar-refractivity contribution is -0.130. The molecule has 1 aromatic heterocycles. The van der Waals surface area contributed by atoms with Gasteiger partial charge in [0, 0.05) is 45.0 Å². The largest absolute Gasteiger partial charge is 0.343 e. The zero-order chi connectivity index (χ0) is 22.4. The molecule has 168 valence electrons. The van der Waals surface area contributed by atoms with Crippen LogP contribution >= 0.6 is 0 Å². The predicted octanol–water partition coefficient (Wildman–Crippen LogP) is 3.62. The normalized spacial score (nSPS) is 15.9. The van der Waals surface area contributed by atoms with Crippen molar-refractivity contribution in [1.29, 1.82) is 0 Å². The summed E-state index contributed by atoms with van der Waals surface area (Å²) >= 11 is 0. The number of hydrogen-bond acceptors (Lipinski definition) is 5. The van der Waals surface area contributed by atoms with E-state index in [9.17, 15) is 18.4 Å². The summed E-state index contributed by atoms with van der Waals surface area (Å²) in [5.74, 6) is -0.943. The summed E-state index contributed by atoms with van der Waals surface area (Å²) in [6, 6.07) is 3.29. The van der Waals surface area contributed by atoms with E-state index in [4.69, 9.17) is 4.52 Å². The standard InChI is InChI=1S/C22H28F2N4O3/c1-15(29)26-22(11-5-3-4-6-12-22)21-25-19(31-27-21)9-10-20(30)28(2)14-16-7-8-17(23)13-18(16)24/h7-8,13H,3-6,9-12,14H2,1-2H3,(H,26,29). The highest BCUT2D eigenvalue weighted by Gasteiger charge is 2.38. The summed E-state index contributed by atoms with van der Waals surface area (Å²) in [6.07, 6.45) is 5.96. The van der Waals surface area contributed by atoms with Crippen LogP contribution < -0.4 is 5.32 Å². The summed E-state index contributed by atoms with van der Waals surface area (Å²) in [4.78, 5) is 30.1. The number of carbonyl (C=O) groups excluding carboxylic acids is 2. The van der Waals surface area contributed by atoms with Gasteiger partial charge < -0.3 is 14.7 Å². The molecule has 7 nitrogen and oxygen atoms in total. The predicted molar refractivity (Wildman–Crippen MR) is 109 cm³/mol. The van der Waals surface area contributed by atoms with Gasteiger partial charge in [-0.05, 0) is 18.9 Å². The van der Waals surface area contributed by atoms with E-state index in [2.05, 4.69) is 15.5 Å². The van der Waals surface area contributed by atoms with E-state index in [1.54, 1.807) is 7.05 Å². The Balaban J connectivity index is 1.62. The van der Waals surface area contributed by atoms with E-state index in [1.165, 1.54) is 17.9 Å². The molecule has 1 heterocycles. The van der Waals surface area contributed by atoms with Crippen molar-refractivity contribution in [2.75, 3.05) is 7.05 Å². The summed E-state index contributed by atoms with van der Waals surface area (Å²) in [5, 5.41) is 7.13. The van der Waals surface area contributed by atoms with Gasteiger partial charge in [0.1, 0.15) is 17.2 Å². The maximum absolute atomic E-state index is 13.8. The molecule has 3 rings (SSSR count). The Bertz CT molecular complexity index is 923. The smallest absolute Gasteiger partial charge is 0.227 e. The second-order valence-corrected chi connectivity index (χ2v) is 8.17. The number of hydrogen-bond donors (Lipinski definition) is 1. The molecule has 0 atom stereocenters. The Morgan fingerprint density at radius 2 is 1.90 bits per heavy atom. The fourth-order valence-corrected chi connectivity index (χ4v) is 4.02. The van der Waals surface area contributed by atoms with E-state index < -0.39 is 17.2 Å². The van der Waals surface area contributed by atoms with Gasteiger partial charge in [-0.2, -0.15) is 4.98 Å². The van der Waals surface area contributed by atoms with Gasteiger partial charge in [-0.25, -0.2) is 8.78 Å². The average Bonchev–Trinajstić information content (AvgIpc) is 3.08. The van der Waals surface area contributed by atoms with Crippen LogP contribution in [0.15, 0.2) is 22.7 Å². The molecule has 0 aliphatic heterocycles. The Morgan fingerprint density at radius 3 is 2.55 bits per heavy atom. The van der Waals surface area contributed by atoms with E-state index in [1.807, 2.05) is 0 Å². The van der Waals surface area contributed by atoms with Crippen molar-refractivity contribution in [3.63, 3.8) is 0 Å². The van der Waals surface area contributed by atoms with Crippen LogP contribution in [0.1, 0.15) is 69.1 Å². The molecule has 31 heavy (non-hydrogen) atoms. The van der Waals surface area contributed by atoms with Crippen molar-refractivity contribution in [1.82, 2.24) is 20.4 Å². The van der Waals surface area contributed by atoms with Crippen LogP contribution in [0.5, 0.6) is 0 Å². The molecule has 0 unspecified atom stereocenters. The van der Waals surface area contributed by atoms with Crippen LogP contribution in [0, 0.1) is 11.6 Å². The number of nitrogens with one attached hydrogen (secondary N) is 1. The molecule has 9 heteroatoms. The number of aromatic nitrogens is 2. The maximum Gasteiger partial charge on any atom is 0.227 e. The Hall–Kier alpha value is -2.84. The lowest BCUT2D eigenvalue weighted by Gasteiger charge is -2.30. The Labute approximate surface area is 180 Å². The van der Waals surface area contributed by atoms with Crippen LogP contribution in [0.25, 0.3) is 0 Å². The summed E-state index contributed by atoms with van der Waals surface area (Å²) in [6.45, 7) is 1.51. The highest BCUT2D eigenvalue weighted by atomic mass is 19.1. The van der Waals surface area contributed by atoms with Crippen LogP contribution in [0.3, 0.4) is 0 Å². The molecular weight excluding hydrogens is 406 g/mol. The number of benzene rings is 1. The fourth-order valence-electron chi connectivity index (χ4n) is 4.02. The second kappa shape index (κ2) is 9.98. The lowest BCUT2D eigenvalue weighted by atomic mass is 9.89. The molecule has 0 saturated heterocycles. The molecule has 2 aromatic rings. The monoisotopic (exact) mass is 434 g/mol. The molecule has 1 saturated carbocycles. The first-order valence-electron chi connectivity index (χ1n) is 10.6. The minimum absolute atomic E-state index is 0.0334. The Kier molecular flexibility index (Phi) is 7.35. The van der Waals surface area contributed by atoms with Gasteiger partial charge in [0.25, 0.3) is 0 Å². The average molecular weight is 434 g/mol. The molecule has 1 fully saturated rings. The minimum Gasteiger partial charge on any atom is -0.343 e. The molecule has 1 aliphatic carbocycles. The van der Waals surface area contributed by atoms with Gasteiger partial charge in [-0.15, -0.1) is 0 Å². The molecule has 1 aromatic carbocycles. The number of amides is 2. The van der Waals surface area contributed by atoms with Crippen molar-refractivity contribution in [2.24, 2.45) is 0 Å². The molecule has 0 bridgehead atoms. The van der Waals surface area contributed by atoms with Gasteiger partial charge in [0.2, 0.25) is 17.7 Å². The molecule has 0 spiro atoms. The van der Waals surface area contributed by atoms with Crippen LogP contribution in [0.4, 0.5) is 8.78 Å². The third kappa shape index (κ3) is 5.86. The lowest BCUT2D eigenvalue weighted by Crippen LogP contribution is -2.45. The number of carbonyl (C=O) groups is 2. The van der Waals surface area contributed by atoms with Crippen LogP contribution in [-0.2, 0) is 28.1 Å².